The molecule has 0 saturated carbocycles. The van der Waals surface area contributed by atoms with Crippen LogP contribution in [0.25, 0.3) is 12.2 Å². The molecule has 0 radical (unpaired) electrons. The molecule has 0 aromatic heterocycles. The fourth-order valence-corrected chi connectivity index (χ4v) is 4.30. The Morgan fingerprint density at radius 1 is 0.622 bits per heavy atom. The zero-order chi connectivity index (χ0) is 32.0. The zero-order valence-electron chi connectivity index (χ0n) is 25.2. The van der Waals surface area contributed by atoms with Gasteiger partial charge in [0.15, 0.2) is 23.0 Å². The second-order valence-corrected chi connectivity index (χ2v) is 10.0. The van der Waals surface area contributed by atoms with Gasteiger partial charge < -0.3 is 35.1 Å². The van der Waals surface area contributed by atoms with E-state index in [1.54, 1.807) is 36.4 Å². The number of carbonyl (C=O) groups excluding carboxylic acids is 2. The summed E-state index contributed by atoms with van der Waals surface area (Å²) >= 11 is 0. The van der Waals surface area contributed by atoms with Crippen LogP contribution in [0.2, 0.25) is 0 Å². The van der Waals surface area contributed by atoms with Crippen molar-refractivity contribution in [2.24, 2.45) is 0 Å². The van der Waals surface area contributed by atoms with Crippen molar-refractivity contribution in [3.05, 3.63) is 119 Å². The lowest BCUT2D eigenvalue weighted by atomic mass is 10.1. The predicted octanol–water partition coefficient (Wildman–Crippen LogP) is 5.65. The summed E-state index contributed by atoms with van der Waals surface area (Å²) in [7, 11) is 2.94. The minimum absolute atomic E-state index is 0.0451. The number of carbonyl (C=O) groups is 2. The van der Waals surface area contributed by atoms with Crippen molar-refractivity contribution < 1.29 is 34.0 Å². The van der Waals surface area contributed by atoms with Crippen LogP contribution in [0.15, 0.2) is 97.1 Å². The van der Waals surface area contributed by atoms with Crippen molar-refractivity contribution in [3.8, 4) is 34.5 Å². The first kappa shape index (κ1) is 32.2. The molecule has 9 nitrogen and oxygen atoms in total. The molecule has 9 heteroatoms. The number of ether oxygens (including phenoxy) is 3. The van der Waals surface area contributed by atoms with Crippen LogP contribution in [0, 0.1) is 0 Å². The zero-order valence-corrected chi connectivity index (χ0v) is 25.2. The van der Waals surface area contributed by atoms with E-state index in [-0.39, 0.29) is 23.3 Å². The number of rotatable bonds is 14. The summed E-state index contributed by atoms with van der Waals surface area (Å²) in [4.78, 5) is 24.3. The number of methoxy groups -OCH3 is 2. The second-order valence-electron chi connectivity index (χ2n) is 10.0. The monoisotopic (exact) mass is 608 g/mol. The molecule has 2 amide bonds. The molecule has 0 atom stereocenters. The van der Waals surface area contributed by atoms with E-state index in [1.807, 2.05) is 48.5 Å². The molecular formula is C36H36N2O7. The van der Waals surface area contributed by atoms with Gasteiger partial charge in [0.25, 0.3) is 0 Å². The minimum atomic E-state index is -0.211. The molecule has 4 rings (SSSR count). The standard InChI is InChI=1S/C36H36N2O7/c1-43-33-23-27(7-15-31(33)39)9-17-35(41)37-21-19-25-3-11-29(12-4-25)45-30-13-5-26(6-14-30)20-22-38-36(42)18-10-28-8-16-32(40)34(24-28)44-2/h3-18,23-24,39-40H,19-22H2,1-2H3,(H,37,41)(H,38,42)/b17-9+,18-10+. The average molecular weight is 609 g/mol. The van der Waals surface area contributed by atoms with Crippen molar-refractivity contribution in [2.45, 2.75) is 12.8 Å². The summed E-state index contributed by atoms with van der Waals surface area (Å²) < 4.78 is 16.1. The number of phenols is 2. The summed E-state index contributed by atoms with van der Waals surface area (Å²) in [6.07, 6.45) is 7.54. The van der Waals surface area contributed by atoms with Crippen molar-refractivity contribution >= 4 is 24.0 Å². The topological polar surface area (TPSA) is 126 Å². The number of phenolic OH excluding ortho intramolecular Hbond substituents is 2. The van der Waals surface area contributed by atoms with Gasteiger partial charge in [-0.25, -0.2) is 0 Å². The Bertz CT molecular complexity index is 1520. The first-order valence-electron chi connectivity index (χ1n) is 14.3. The lowest BCUT2D eigenvalue weighted by Gasteiger charge is -2.09. The lowest BCUT2D eigenvalue weighted by Crippen LogP contribution is -2.23. The van der Waals surface area contributed by atoms with Gasteiger partial charge >= 0.3 is 0 Å². The van der Waals surface area contributed by atoms with E-state index in [1.165, 1.54) is 38.5 Å². The van der Waals surface area contributed by atoms with Crippen LogP contribution in [-0.4, -0.2) is 49.3 Å². The molecule has 0 saturated heterocycles. The van der Waals surface area contributed by atoms with Crippen LogP contribution in [0.5, 0.6) is 34.5 Å². The van der Waals surface area contributed by atoms with E-state index in [2.05, 4.69) is 10.6 Å². The van der Waals surface area contributed by atoms with Crippen LogP contribution >= 0.6 is 0 Å². The van der Waals surface area contributed by atoms with Crippen LogP contribution in [-0.2, 0) is 22.4 Å². The third-order valence-corrected chi connectivity index (χ3v) is 6.77. The molecule has 4 aromatic rings. The molecule has 0 bridgehead atoms. The summed E-state index contributed by atoms with van der Waals surface area (Å²) in [6.45, 7) is 0.961. The Balaban J connectivity index is 1.15. The number of amides is 2. The molecule has 0 fully saturated rings. The molecule has 0 aliphatic rings. The average Bonchev–Trinajstić information content (AvgIpc) is 3.05. The maximum absolute atomic E-state index is 12.2. The van der Waals surface area contributed by atoms with E-state index in [0.717, 1.165) is 22.3 Å². The van der Waals surface area contributed by atoms with Gasteiger partial charge in [-0.05, 0) is 95.8 Å². The SMILES string of the molecule is COc1cc(/C=C/C(=O)NCCc2ccc(Oc3ccc(CCNC(=O)/C=C/c4ccc(O)c(OC)c4)cc3)cc2)ccc1O. The quantitative estimate of drug-likeness (QED) is 0.136. The van der Waals surface area contributed by atoms with Crippen LogP contribution in [0.4, 0.5) is 0 Å². The summed E-state index contributed by atoms with van der Waals surface area (Å²) in [5, 5.41) is 25.1. The molecule has 4 N–H and O–H groups in total. The molecule has 0 heterocycles. The van der Waals surface area contributed by atoms with Crippen LogP contribution in [0.3, 0.4) is 0 Å². The number of nitrogens with one attached hydrogen (secondary N) is 2. The van der Waals surface area contributed by atoms with Crippen molar-refractivity contribution in [1.29, 1.82) is 0 Å². The van der Waals surface area contributed by atoms with Gasteiger partial charge in [0.2, 0.25) is 11.8 Å². The van der Waals surface area contributed by atoms with E-state index in [4.69, 9.17) is 14.2 Å². The Hall–Kier alpha value is -5.70. The predicted molar refractivity (Wildman–Crippen MR) is 174 cm³/mol. The Morgan fingerprint density at radius 2 is 1.02 bits per heavy atom. The van der Waals surface area contributed by atoms with Gasteiger partial charge in [-0.15, -0.1) is 0 Å². The highest BCUT2D eigenvalue weighted by Gasteiger charge is 2.04. The van der Waals surface area contributed by atoms with E-state index in [0.29, 0.717) is 48.9 Å². The molecule has 4 aromatic carbocycles. The van der Waals surface area contributed by atoms with Gasteiger partial charge in [-0.1, -0.05) is 36.4 Å². The molecule has 232 valence electrons. The maximum Gasteiger partial charge on any atom is 0.244 e. The number of hydrogen-bond donors (Lipinski definition) is 4. The Morgan fingerprint density at radius 3 is 1.40 bits per heavy atom. The fourth-order valence-electron chi connectivity index (χ4n) is 4.30. The third kappa shape index (κ3) is 10.2. The van der Waals surface area contributed by atoms with Gasteiger partial charge in [0.05, 0.1) is 14.2 Å². The maximum atomic E-state index is 12.2. The highest BCUT2D eigenvalue weighted by Crippen LogP contribution is 2.28. The van der Waals surface area contributed by atoms with Crippen molar-refractivity contribution in [3.63, 3.8) is 0 Å². The van der Waals surface area contributed by atoms with Crippen LogP contribution in [0.1, 0.15) is 22.3 Å². The van der Waals surface area contributed by atoms with Crippen molar-refractivity contribution in [2.75, 3.05) is 27.3 Å². The summed E-state index contributed by atoms with van der Waals surface area (Å²) in [5.74, 6) is 1.77. The molecule has 0 spiro atoms. The van der Waals surface area contributed by atoms with Crippen LogP contribution < -0.4 is 24.8 Å². The molecular weight excluding hydrogens is 572 g/mol. The molecule has 0 unspecified atom stereocenters. The largest absolute Gasteiger partial charge is 0.504 e. The van der Waals surface area contributed by atoms with E-state index >= 15 is 0 Å². The second kappa shape index (κ2) is 16.2. The van der Waals surface area contributed by atoms with Gasteiger partial charge in [-0.2, -0.15) is 0 Å². The smallest absolute Gasteiger partial charge is 0.244 e. The van der Waals surface area contributed by atoms with E-state index < -0.39 is 0 Å². The Labute approximate surface area is 262 Å². The summed E-state index contributed by atoms with van der Waals surface area (Å²) in [5.41, 5.74) is 3.61. The number of benzene rings is 4. The fraction of sp³-hybridized carbons (Fsp3) is 0.167. The first-order chi connectivity index (χ1) is 21.8. The minimum Gasteiger partial charge on any atom is -0.504 e. The molecule has 45 heavy (non-hydrogen) atoms. The van der Waals surface area contributed by atoms with Gasteiger partial charge in [0.1, 0.15) is 11.5 Å². The summed E-state index contributed by atoms with van der Waals surface area (Å²) in [6, 6.07) is 25.1. The normalized spacial score (nSPS) is 11.0. The van der Waals surface area contributed by atoms with E-state index in [9.17, 15) is 19.8 Å². The highest BCUT2D eigenvalue weighted by molar-refractivity contribution is 5.92. The van der Waals surface area contributed by atoms with Gasteiger partial charge in [0, 0.05) is 25.2 Å². The molecule has 0 aliphatic carbocycles. The highest BCUT2D eigenvalue weighted by atomic mass is 16.5. The first-order valence-corrected chi connectivity index (χ1v) is 14.3. The van der Waals surface area contributed by atoms with Gasteiger partial charge in [-0.3, -0.25) is 9.59 Å². The van der Waals surface area contributed by atoms with Crippen molar-refractivity contribution in [1.82, 2.24) is 10.6 Å². The molecule has 0 aliphatic heterocycles. The lowest BCUT2D eigenvalue weighted by molar-refractivity contribution is -0.117. The Kier molecular flexibility index (Phi) is 11.6. The number of hydrogen-bond acceptors (Lipinski definition) is 7. The third-order valence-electron chi connectivity index (χ3n) is 6.77. The number of aromatic hydroxyl groups is 2.